The summed E-state index contributed by atoms with van der Waals surface area (Å²) in [5.74, 6) is -1.41. The van der Waals surface area contributed by atoms with Crippen LogP contribution in [0.2, 0.25) is 0 Å². The highest BCUT2D eigenvalue weighted by molar-refractivity contribution is 7.98. The lowest BCUT2D eigenvalue weighted by atomic mass is 9.81. The van der Waals surface area contributed by atoms with E-state index in [2.05, 4.69) is 10.2 Å². The van der Waals surface area contributed by atoms with Gasteiger partial charge in [-0.25, -0.2) is 8.78 Å². The van der Waals surface area contributed by atoms with E-state index in [1.165, 1.54) is 19.2 Å². The smallest absolute Gasteiger partial charge is 0.416 e. The molecule has 6 nitrogen and oxygen atoms in total. The van der Waals surface area contributed by atoms with Crippen LogP contribution in [0.4, 0.5) is 22.0 Å². The minimum Gasteiger partial charge on any atom is -0.496 e. The number of nitrogens with one attached hydrogen (secondary N) is 1. The van der Waals surface area contributed by atoms with Crippen LogP contribution >= 0.6 is 11.8 Å². The molecule has 0 radical (unpaired) electrons. The first-order valence-electron chi connectivity index (χ1n) is 15.0. The van der Waals surface area contributed by atoms with Crippen LogP contribution in [0.5, 0.6) is 5.75 Å². The molecular weight excluding hydrogens is 623 g/mol. The van der Waals surface area contributed by atoms with Gasteiger partial charge in [0, 0.05) is 29.1 Å². The number of piperidine rings is 2. The molecule has 0 saturated carbocycles. The van der Waals surface area contributed by atoms with E-state index in [9.17, 15) is 26.7 Å². The van der Waals surface area contributed by atoms with Crippen LogP contribution in [-0.4, -0.2) is 69.3 Å². The number of alkyl halides is 3. The molecule has 5 rings (SSSR count). The van der Waals surface area contributed by atoms with Crippen LogP contribution < -0.4 is 15.8 Å². The zero-order valence-electron chi connectivity index (χ0n) is 26.5. The van der Waals surface area contributed by atoms with Crippen LogP contribution in [0.3, 0.4) is 0 Å². The van der Waals surface area contributed by atoms with Gasteiger partial charge >= 0.3 is 6.18 Å². The third-order valence-electron chi connectivity index (χ3n) is 8.61. The molecule has 0 bridgehead atoms. The normalized spacial score (nSPS) is 22.5. The van der Waals surface area contributed by atoms with E-state index >= 15 is 0 Å². The van der Waals surface area contributed by atoms with E-state index in [1.807, 2.05) is 25.1 Å². The number of likely N-dealkylation sites (N-methyl/N-ethyl adjacent to an activating group) is 2. The molecule has 46 heavy (non-hydrogen) atoms. The Balaban J connectivity index is 0.000000266. The molecule has 2 fully saturated rings. The molecule has 2 unspecified atom stereocenters. The van der Waals surface area contributed by atoms with Gasteiger partial charge in [0.15, 0.2) is 0 Å². The number of ether oxygens (including phenoxy) is 1. The fraction of sp³-hybridized carbons (Fsp3) is 0.441. The minimum atomic E-state index is -4.58. The Morgan fingerprint density at radius 2 is 1.48 bits per heavy atom. The summed E-state index contributed by atoms with van der Waals surface area (Å²) in [6.07, 6.45) is 0.131. The molecule has 2 aliphatic heterocycles. The summed E-state index contributed by atoms with van der Waals surface area (Å²) in [6, 6.07) is 14.8. The highest BCUT2D eigenvalue weighted by Gasteiger charge is 2.41. The van der Waals surface area contributed by atoms with Gasteiger partial charge in [-0.15, -0.1) is 11.8 Å². The monoisotopic (exact) mass is 664 g/mol. The fourth-order valence-corrected chi connectivity index (χ4v) is 7.12. The van der Waals surface area contributed by atoms with Gasteiger partial charge in [-0.05, 0) is 83.4 Å². The lowest BCUT2D eigenvalue weighted by Crippen LogP contribution is -2.56. The van der Waals surface area contributed by atoms with Crippen molar-refractivity contribution in [3.05, 3.63) is 94.6 Å². The maximum atomic E-state index is 14.8. The predicted octanol–water partition coefficient (Wildman–Crippen LogP) is 6.63. The molecule has 0 aliphatic carbocycles. The SMILES string of the molecule is CN1CCCC(N)(c2ccccc2F)C1.COc1cc(C(F)(F)F)cc(SC)c1C(=O)NC1(c2ccccc2F)CCCN(C)C1. The Labute approximate surface area is 271 Å². The summed E-state index contributed by atoms with van der Waals surface area (Å²) >= 11 is 1.02. The Morgan fingerprint density at radius 3 is 2.00 bits per heavy atom. The quantitative estimate of drug-likeness (QED) is 0.228. The standard InChI is InChI=1S/C22H24F4N2O2S.C12H17FN2/c1-28-10-6-9-21(13-28,15-7-4-5-8-16(15)23)27-20(29)19-17(30-2)11-14(22(24,25)26)12-18(19)31-3;1-15-8-4-7-12(14,9-15)10-5-2-3-6-11(10)13/h4-5,7-8,11-12H,6,9-10,13H2,1-3H3,(H,27,29);2-3,5-6H,4,7-9,14H2,1H3. The van der Waals surface area contributed by atoms with Crippen molar-refractivity contribution in [3.63, 3.8) is 0 Å². The number of nitrogens with zero attached hydrogens (tertiary/aromatic N) is 2. The number of halogens is 5. The second-order valence-electron chi connectivity index (χ2n) is 12.1. The van der Waals surface area contributed by atoms with E-state index in [4.69, 9.17) is 10.5 Å². The van der Waals surface area contributed by atoms with Gasteiger partial charge in [0.05, 0.1) is 29.3 Å². The van der Waals surface area contributed by atoms with Gasteiger partial charge in [0.25, 0.3) is 5.91 Å². The van der Waals surface area contributed by atoms with Gasteiger partial charge in [0.2, 0.25) is 0 Å². The van der Waals surface area contributed by atoms with Crippen molar-refractivity contribution in [2.24, 2.45) is 5.73 Å². The number of likely N-dealkylation sites (tertiary alicyclic amines) is 2. The van der Waals surface area contributed by atoms with Crippen molar-refractivity contribution < 1.29 is 31.5 Å². The Bertz CT molecular complexity index is 1500. The minimum absolute atomic E-state index is 0.00643. The Morgan fingerprint density at radius 1 is 0.913 bits per heavy atom. The third-order valence-corrected chi connectivity index (χ3v) is 9.37. The van der Waals surface area contributed by atoms with Crippen molar-refractivity contribution in [2.45, 2.75) is 47.8 Å². The number of rotatable bonds is 6. The summed E-state index contributed by atoms with van der Waals surface area (Å²) in [6.45, 7) is 2.95. The summed E-state index contributed by atoms with van der Waals surface area (Å²) in [5, 5.41) is 2.95. The van der Waals surface area contributed by atoms with Crippen LogP contribution in [-0.2, 0) is 17.3 Å². The molecular formula is C34H41F5N4O2S. The molecule has 3 N–H and O–H groups in total. The van der Waals surface area contributed by atoms with Gasteiger partial charge in [-0.3, -0.25) is 4.79 Å². The number of hydrogen-bond donors (Lipinski definition) is 2. The van der Waals surface area contributed by atoms with Crippen molar-refractivity contribution in [1.29, 1.82) is 0 Å². The molecule has 12 heteroatoms. The van der Waals surface area contributed by atoms with E-state index in [0.717, 1.165) is 62.8 Å². The van der Waals surface area contributed by atoms with E-state index < -0.39 is 34.5 Å². The fourth-order valence-electron chi connectivity index (χ4n) is 6.48. The zero-order chi connectivity index (χ0) is 33.7. The first-order chi connectivity index (χ1) is 21.7. The number of carbonyl (C=O) groups excluding carboxylic acids is 1. The number of benzene rings is 3. The van der Waals surface area contributed by atoms with Crippen molar-refractivity contribution in [1.82, 2.24) is 15.1 Å². The Kier molecular flexibility index (Phi) is 11.4. The van der Waals surface area contributed by atoms with Gasteiger partial charge in [-0.2, -0.15) is 13.2 Å². The molecule has 2 atom stereocenters. The van der Waals surface area contributed by atoms with Crippen LogP contribution in [0.1, 0.15) is 52.7 Å². The average molecular weight is 665 g/mol. The lowest BCUT2D eigenvalue weighted by molar-refractivity contribution is -0.137. The topological polar surface area (TPSA) is 70.8 Å². The third kappa shape index (κ3) is 8.02. The number of thioether (sulfide) groups is 1. The van der Waals surface area contributed by atoms with Crippen LogP contribution in [0.25, 0.3) is 0 Å². The number of nitrogens with two attached hydrogens (primary N) is 1. The molecule has 0 spiro atoms. The molecule has 3 aromatic carbocycles. The summed E-state index contributed by atoms with van der Waals surface area (Å²) in [5.41, 5.74) is 4.87. The second kappa shape index (κ2) is 14.7. The van der Waals surface area contributed by atoms with Gasteiger partial charge < -0.3 is 25.6 Å². The highest BCUT2D eigenvalue weighted by Crippen LogP contribution is 2.40. The maximum absolute atomic E-state index is 14.8. The average Bonchev–Trinajstić information content (AvgIpc) is 3.00. The summed E-state index contributed by atoms with van der Waals surface area (Å²) in [7, 11) is 5.13. The van der Waals surface area contributed by atoms with Gasteiger partial charge in [-0.1, -0.05) is 36.4 Å². The molecule has 0 aromatic heterocycles. The number of amides is 1. The Hall–Kier alpha value is -3.19. The molecule has 250 valence electrons. The largest absolute Gasteiger partial charge is 0.496 e. The van der Waals surface area contributed by atoms with E-state index in [1.54, 1.807) is 36.6 Å². The molecule has 2 saturated heterocycles. The second-order valence-corrected chi connectivity index (χ2v) is 12.9. The molecule has 2 aliphatic rings. The first-order valence-corrected chi connectivity index (χ1v) is 16.3. The zero-order valence-corrected chi connectivity index (χ0v) is 27.3. The lowest BCUT2D eigenvalue weighted by Gasteiger charge is -2.42. The molecule has 1 amide bonds. The maximum Gasteiger partial charge on any atom is 0.416 e. The highest BCUT2D eigenvalue weighted by atomic mass is 32.2. The first kappa shape index (κ1) is 35.7. The van der Waals surface area contributed by atoms with Crippen LogP contribution in [0, 0.1) is 11.6 Å². The van der Waals surface area contributed by atoms with E-state index in [0.29, 0.717) is 24.1 Å². The molecule has 2 heterocycles. The van der Waals surface area contributed by atoms with Gasteiger partial charge in [0.1, 0.15) is 17.4 Å². The molecule has 3 aromatic rings. The van der Waals surface area contributed by atoms with Crippen molar-refractivity contribution in [3.8, 4) is 5.75 Å². The summed E-state index contributed by atoms with van der Waals surface area (Å²) < 4.78 is 73.4. The number of hydrogen-bond acceptors (Lipinski definition) is 6. The van der Waals surface area contributed by atoms with Crippen molar-refractivity contribution in [2.75, 3.05) is 53.6 Å². The summed E-state index contributed by atoms with van der Waals surface area (Å²) in [4.78, 5) is 17.7. The predicted molar refractivity (Wildman–Crippen MR) is 171 cm³/mol. The van der Waals surface area contributed by atoms with E-state index in [-0.39, 0.29) is 22.0 Å². The number of methoxy groups -OCH3 is 1. The number of carbonyl (C=O) groups is 1. The van der Waals surface area contributed by atoms with Crippen molar-refractivity contribution >= 4 is 17.7 Å². The van der Waals surface area contributed by atoms with Crippen LogP contribution in [0.15, 0.2) is 65.6 Å².